The van der Waals surface area contributed by atoms with Gasteiger partial charge in [0.05, 0.1) is 21.3 Å². The number of carbonyl (C=O) groups is 2. The molecule has 0 aromatic heterocycles. The molecular formula is C14H13Cl2NO3. The molecule has 0 aliphatic heterocycles. The third-order valence-electron chi connectivity index (χ3n) is 3.11. The van der Waals surface area contributed by atoms with Crippen LogP contribution < -0.4 is 5.32 Å². The third-order valence-corrected chi connectivity index (χ3v) is 3.71. The van der Waals surface area contributed by atoms with E-state index in [1.807, 2.05) is 6.08 Å². The van der Waals surface area contributed by atoms with Gasteiger partial charge in [0.2, 0.25) is 5.91 Å². The van der Waals surface area contributed by atoms with Gasteiger partial charge >= 0.3 is 5.97 Å². The molecule has 0 spiro atoms. The van der Waals surface area contributed by atoms with Gasteiger partial charge in [0, 0.05) is 6.42 Å². The first-order valence-electron chi connectivity index (χ1n) is 6.16. The maximum atomic E-state index is 11.9. The molecule has 2 N–H and O–H groups in total. The highest BCUT2D eigenvalue weighted by Crippen LogP contribution is 2.32. The van der Waals surface area contributed by atoms with E-state index in [0.29, 0.717) is 6.42 Å². The van der Waals surface area contributed by atoms with Crippen molar-refractivity contribution in [3.05, 3.63) is 39.9 Å². The summed E-state index contributed by atoms with van der Waals surface area (Å²) in [5, 5.41) is 11.8. The summed E-state index contributed by atoms with van der Waals surface area (Å²) >= 11 is 11.9. The van der Waals surface area contributed by atoms with Gasteiger partial charge in [-0.2, -0.15) is 0 Å². The molecule has 1 atom stereocenters. The summed E-state index contributed by atoms with van der Waals surface area (Å²) in [5.41, 5.74) is 0.238. The van der Waals surface area contributed by atoms with Crippen molar-refractivity contribution < 1.29 is 14.7 Å². The van der Waals surface area contributed by atoms with Crippen LogP contribution in [0.25, 0.3) is 0 Å². The van der Waals surface area contributed by atoms with Crippen LogP contribution in [-0.4, -0.2) is 17.0 Å². The third kappa shape index (κ3) is 3.52. The van der Waals surface area contributed by atoms with E-state index in [2.05, 4.69) is 11.4 Å². The number of halogens is 2. The van der Waals surface area contributed by atoms with Crippen molar-refractivity contribution in [2.24, 2.45) is 5.92 Å². The standard InChI is InChI=1S/C14H13Cl2NO3/c15-10-6-9(14(19)20)7-11(16)13(10)17-12(18)5-8-3-1-2-4-8/h1,3,6-8H,2,4-5H2,(H,17,18)(H,19,20). The minimum atomic E-state index is -1.12. The van der Waals surface area contributed by atoms with Crippen molar-refractivity contribution in [2.75, 3.05) is 5.32 Å². The van der Waals surface area contributed by atoms with E-state index in [1.54, 1.807) is 0 Å². The monoisotopic (exact) mass is 313 g/mol. The number of carboxylic acid groups (broad SMARTS) is 1. The van der Waals surface area contributed by atoms with Gasteiger partial charge in [-0.05, 0) is 30.9 Å². The molecule has 0 radical (unpaired) electrons. The molecule has 0 saturated heterocycles. The van der Waals surface area contributed by atoms with Crippen LogP contribution in [0.2, 0.25) is 10.0 Å². The van der Waals surface area contributed by atoms with Crippen LogP contribution in [0.5, 0.6) is 0 Å². The zero-order valence-corrected chi connectivity index (χ0v) is 12.0. The highest BCUT2D eigenvalue weighted by molar-refractivity contribution is 6.40. The summed E-state index contributed by atoms with van der Waals surface area (Å²) < 4.78 is 0. The topological polar surface area (TPSA) is 66.4 Å². The van der Waals surface area contributed by atoms with E-state index in [0.717, 1.165) is 12.8 Å². The van der Waals surface area contributed by atoms with Gasteiger partial charge in [0.15, 0.2) is 0 Å². The van der Waals surface area contributed by atoms with Crippen LogP contribution in [0, 0.1) is 5.92 Å². The van der Waals surface area contributed by atoms with Crippen molar-refractivity contribution in [3.8, 4) is 0 Å². The van der Waals surface area contributed by atoms with E-state index in [1.165, 1.54) is 12.1 Å². The molecule has 1 aromatic rings. The number of anilines is 1. The lowest BCUT2D eigenvalue weighted by Gasteiger charge is -2.12. The highest BCUT2D eigenvalue weighted by atomic mass is 35.5. The Kier molecular flexibility index (Phi) is 4.68. The molecule has 1 aliphatic carbocycles. The van der Waals surface area contributed by atoms with Crippen LogP contribution in [0.4, 0.5) is 5.69 Å². The molecule has 0 saturated carbocycles. The van der Waals surface area contributed by atoms with Crippen LogP contribution in [0.15, 0.2) is 24.3 Å². The minimum absolute atomic E-state index is 0.0169. The molecule has 4 nitrogen and oxygen atoms in total. The Morgan fingerprint density at radius 2 is 1.95 bits per heavy atom. The molecule has 0 fully saturated rings. The van der Waals surface area contributed by atoms with Crippen LogP contribution in [0.3, 0.4) is 0 Å². The van der Waals surface area contributed by atoms with E-state index in [-0.39, 0.29) is 33.1 Å². The molecule has 1 unspecified atom stereocenters. The predicted octanol–water partition coefficient (Wildman–Crippen LogP) is 3.99. The molecule has 1 amide bonds. The number of nitrogens with one attached hydrogen (secondary N) is 1. The van der Waals surface area contributed by atoms with Gasteiger partial charge in [-0.1, -0.05) is 35.4 Å². The molecule has 1 aromatic carbocycles. The lowest BCUT2D eigenvalue weighted by atomic mass is 10.0. The molecule has 1 aliphatic rings. The number of carboxylic acids is 1. The van der Waals surface area contributed by atoms with Crippen molar-refractivity contribution >= 4 is 40.8 Å². The maximum absolute atomic E-state index is 11.9. The Hall–Kier alpha value is -1.52. The normalized spacial score (nSPS) is 17.2. The zero-order chi connectivity index (χ0) is 14.7. The summed E-state index contributed by atoms with van der Waals surface area (Å²) in [5.74, 6) is -1.07. The minimum Gasteiger partial charge on any atom is -0.478 e. The van der Waals surface area contributed by atoms with Gasteiger partial charge in [-0.3, -0.25) is 4.79 Å². The maximum Gasteiger partial charge on any atom is 0.335 e. The largest absolute Gasteiger partial charge is 0.478 e. The fourth-order valence-electron chi connectivity index (χ4n) is 2.11. The molecule has 0 bridgehead atoms. The summed E-state index contributed by atoms with van der Waals surface area (Å²) in [6, 6.07) is 2.53. The zero-order valence-electron chi connectivity index (χ0n) is 10.5. The fraction of sp³-hybridized carbons (Fsp3) is 0.286. The Morgan fingerprint density at radius 3 is 2.45 bits per heavy atom. The van der Waals surface area contributed by atoms with Gasteiger partial charge in [-0.15, -0.1) is 0 Å². The van der Waals surface area contributed by atoms with Crippen molar-refractivity contribution in [3.63, 3.8) is 0 Å². The van der Waals surface area contributed by atoms with Crippen LogP contribution in [-0.2, 0) is 4.79 Å². The number of aromatic carboxylic acids is 1. The smallest absolute Gasteiger partial charge is 0.335 e. The fourth-order valence-corrected chi connectivity index (χ4v) is 2.69. The lowest BCUT2D eigenvalue weighted by molar-refractivity contribution is -0.116. The summed E-state index contributed by atoms with van der Waals surface area (Å²) in [6.07, 6.45) is 6.40. The Labute approximate surface area is 126 Å². The van der Waals surface area contributed by atoms with Gasteiger partial charge in [0.25, 0.3) is 0 Å². The molecule has 20 heavy (non-hydrogen) atoms. The predicted molar refractivity (Wildman–Crippen MR) is 78.5 cm³/mol. The first kappa shape index (κ1) is 14.9. The second-order valence-electron chi connectivity index (χ2n) is 4.64. The number of hydrogen-bond donors (Lipinski definition) is 2. The molecular weight excluding hydrogens is 301 g/mol. The van der Waals surface area contributed by atoms with Crippen molar-refractivity contribution in [2.45, 2.75) is 19.3 Å². The average molecular weight is 314 g/mol. The average Bonchev–Trinajstić information content (AvgIpc) is 2.86. The molecule has 0 heterocycles. The SMILES string of the molecule is O=C(CC1C=CCC1)Nc1c(Cl)cc(C(=O)O)cc1Cl. The van der Waals surface area contributed by atoms with Gasteiger partial charge in [0.1, 0.15) is 0 Å². The number of rotatable bonds is 4. The van der Waals surface area contributed by atoms with E-state index < -0.39 is 5.97 Å². The lowest BCUT2D eigenvalue weighted by Crippen LogP contribution is -2.15. The first-order valence-corrected chi connectivity index (χ1v) is 6.92. The van der Waals surface area contributed by atoms with E-state index >= 15 is 0 Å². The Bertz CT molecular complexity index is 561. The molecule has 106 valence electrons. The Morgan fingerprint density at radius 1 is 1.30 bits per heavy atom. The first-order chi connectivity index (χ1) is 9.47. The van der Waals surface area contributed by atoms with Gasteiger partial charge in [-0.25, -0.2) is 4.79 Å². The quantitative estimate of drug-likeness (QED) is 0.826. The summed E-state index contributed by atoms with van der Waals surface area (Å²) in [6.45, 7) is 0. The summed E-state index contributed by atoms with van der Waals surface area (Å²) in [4.78, 5) is 22.8. The second-order valence-corrected chi connectivity index (χ2v) is 5.45. The number of hydrogen-bond acceptors (Lipinski definition) is 2. The molecule has 2 rings (SSSR count). The van der Waals surface area contributed by atoms with Gasteiger partial charge < -0.3 is 10.4 Å². The Balaban J connectivity index is 2.10. The second kappa shape index (κ2) is 6.29. The number of allylic oxidation sites excluding steroid dienone is 2. The number of amides is 1. The number of benzene rings is 1. The van der Waals surface area contributed by atoms with E-state index in [4.69, 9.17) is 28.3 Å². The highest BCUT2D eigenvalue weighted by Gasteiger charge is 2.17. The number of carbonyl (C=O) groups excluding carboxylic acids is 1. The van der Waals surface area contributed by atoms with Crippen LogP contribution in [0.1, 0.15) is 29.6 Å². The van der Waals surface area contributed by atoms with Crippen molar-refractivity contribution in [1.29, 1.82) is 0 Å². The molecule has 6 heteroatoms. The summed E-state index contributed by atoms with van der Waals surface area (Å²) in [7, 11) is 0. The van der Waals surface area contributed by atoms with Crippen LogP contribution >= 0.6 is 23.2 Å². The van der Waals surface area contributed by atoms with E-state index in [9.17, 15) is 9.59 Å². The van der Waals surface area contributed by atoms with Crippen molar-refractivity contribution in [1.82, 2.24) is 0 Å².